The standard InChI is InChI=1S/C14H23N3O2/c1-3-18-12-8-11(9-16-10-12)13(17-15)14(2)6-4-5-7-19-14/h8-10,13,17H,3-7,15H2,1-2H3. The topological polar surface area (TPSA) is 69.4 Å². The molecule has 3 N–H and O–H groups in total. The molecular weight excluding hydrogens is 242 g/mol. The van der Waals surface area contributed by atoms with Gasteiger partial charge < -0.3 is 9.47 Å². The van der Waals surface area contributed by atoms with Crippen molar-refractivity contribution in [3.8, 4) is 5.75 Å². The smallest absolute Gasteiger partial charge is 0.137 e. The zero-order valence-corrected chi connectivity index (χ0v) is 11.7. The van der Waals surface area contributed by atoms with Crippen LogP contribution in [0.25, 0.3) is 0 Å². The Bertz CT molecular complexity index is 405. The van der Waals surface area contributed by atoms with Gasteiger partial charge in [0.25, 0.3) is 0 Å². The molecule has 0 radical (unpaired) electrons. The molecule has 1 fully saturated rings. The van der Waals surface area contributed by atoms with Crippen molar-refractivity contribution in [2.45, 2.75) is 44.8 Å². The van der Waals surface area contributed by atoms with E-state index in [4.69, 9.17) is 15.3 Å². The number of rotatable bonds is 5. The minimum atomic E-state index is -0.292. The van der Waals surface area contributed by atoms with E-state index in [-0.39, 0.29) is 11.6 Å². The third-order valence-corrected chi connectivity index (χ3v) is 3.66. The van der Waals surface area contributed by atoms with Crippen LogP contribution in [0.5, 0.6) is 5.75 Å². The van der Waals surface area contributed by atoms with E-state index in [1.165, 1.54) is 0 Å². The molecular formula is C14H23N3O2. The van der Waals surface area contributed by atoms with Crippen molar-refractivity contribution in [2.24, 2.45) is 5.84 Å². The second-order valence-electron chi connectivity index (χ2n) is 5.10. The summed E-state index contributed by atoms with van der Waals surface area (Å²) in [6.45, 7) is 5.47. The quantitative estimate of drug-likeness (QED) is 0.629. The van der Waals surface area contributed by atoms with Crippen LogP contribution in [-0.2, 0) is 4.74 Å². The van der Waals surface area contributed by atoms with Crippen molar-refractivity contribution in [3.05, 3.63) is 24.0 Å². The molecule has 1 aliphatic heterocycles. The lowest BCUT2D eigenvalue weighted by molar-refractivity contribution is -0.0899. The number of hydrazine groups is 1. The van der Waals surface area contributed by atoms with Crippen LogP contribution in [-0.4, -0.2) is 23.8 Å². The molecule has 0 bridgehead atoms. The molecule has 0 saturated carbocycles. The van der Waals surface area contributed by atoms with E-state index in [0.717, 1.165) is 37.2 Å². The van der Waals surface area contributed by atoms with Gasteiger partial charge in [-0.15, -0.1) is 0 Å². The van der Waals surface area contributed by atoms with E-state index < -0.39 is 0 Å². The van der Waals surface area contributed by atoms with Crippen molar-refractivity contribution < 1.29 is 9.47 Å². The maximum atomic E-state index is 5.96. The number of hydrogen-bond donors (Lipinski definition) is 2. The summed E-state index contributed by atoms with van der Waals surface area (Å²) in [7, 11) is 0. The predicted molar refractivity (Wildman–Crippen MR) is 73.7 cm³/mol. The Morgan fingerprint density at radius 2 is 2.37 bits per heavy atom. The van der Waals surface area contributed by atoms with Crippen molar-refractivity contribution >= 4 is 0 Å². The summed E-state index contributed by atoms with van der Waals surface area (Å²) >= 11 is 0. The molecule has 5 nitrogen and oxygen atoms in total. The van der Waals surface area contributed by atoms with Gasteiger partial charge in [-0.3, -0.25) is 16.3 Å². The fraction of sp³-hybridized carbons (Fsp3) is 0.643. The van der Waals surface area contributed by atoms with Gasteiger partial charge in [-0.2, -0.15) is 0 Å². The lowest BCUT2D eigenvalue weighted by atomic mass is 9.85. The van der Waals surface area contributed by atoms with Crippen molar-refractivity contribution in [1.29, 1.82) is 0 Å². The fourth-order valence-electron chi connectivity index (χ4n) is 2.65. The highest BCUT2D eigenvalue weighted by atomic mass is 16.5. The molecule has 2 atom stereocenters. The average Bonchev–Trinajstić information content (AvgIpc) is 2.41. The normalized spacial score (nSPS) is 25.0. The Labute approximate surface area is 114 Å². The number of ether oxygens (including phenoxy) is 2. The van der Waals surface area contributed by atoms with Crippen LogP contribution in [0.4, 0.5) is 0 Å². The van der Waals surface area contributed by atoms with Crippen molar-refractivity contribution in [3.63, 3.8) is 0 Å². The van der Waals surface area contributed by atoms with E-state index in [1.807, 2.05) is 19.2 Å². The molecule has 1 aromatic rings. The van der Waals surface area contributed by atoms with Crippen LogP contribution in [0.2, 0.25) is 0 Å². The fourth-order valence-corrected chi connectivity index (χ4v) is 2.65. The molecule has 19 heavy (non-hydrogen) atoms. The molecule has 0 spiro atoms. The second kappa shape index (κ2) is 6.32. The van der Waals surface area contributed by atoms with Gasteiger partial charge >= 0.3 is 0 Å². The van der Waals surface area contributed by atoms with Crippen molar-refractivity contribution in [2.75, 3.05) is 13.2 Å². The SMILES string of the molecule is CCOc1cncc(C(NN)C2(C)CCCCO2)c1. The Balaban J connectivity index is 2.22. The molecule has 2 rings (SSSR count). The monoisotopic (exact) mass is 265 g/mol. The molecule has 0 amide bonds. The Morgan fingerprint density at radius 1 is 1.53 bits per heavy atom. The molecule has 0 aliphatic carbocycles. The highest BCUT2D eigenvalue weighted by Gasteiger charge is 2.37. The molecule has 0 aromatic carbocycles. The van der Waals surface area contributed by atoms with Gasteiger partial charge in [0.1, 0.15) is 5.75 Å². The first-order valence-corrected chi connectivity index (χ1v) is 6.87. The molecule has 1 saturated heterocycles. The van der Waals surface area contributed by atoms with Crippen LogP contribution in [0.1, 0.15) is 44.7 Å². The summed E-state index contributed by atoms with van der Waals surface area (Å²) in [4.78, 5) is 4.22. The maximum absolute atomic E-state index is 5.96. The Morgan fingerprint density at radius 3 is 3.00 bits per heavy atom. The number of nitrogens with zero attached hydrogens (tertiary/aromatic N) is 1. The van der Waals surface area contributed by atoms with E-state index in [1.54, 1.807) is 6.20 Å². The summed E-state index contributed by atoms with van der Waals surface area (Å²) in [6.07, 6.45) is 6.79. The number of hydrogen-bond acceptors (Lipinski definition) is 5. The van der Waals surface area contributed by atoms with Crippen LogP contribution in [0, 0.1) is 0 Å². The Hall–Kier alpha value is -1.17. The first-order valence-electron chi connectivity index (χ1n) is 6.87. The molecule has 1 aliphatic rings. The van der Waals surface area contributed by atoms with Gasteiger partial charge in [0.15, 0.2) is 0 Å². The highest BCUT2D eigenvalue weighted by Crippen LogP contribution is 2.36. The van der Waals surface area contributed by atoms with Gasteiger partial charge in [0.2, 0.25) is 0 Å². The maximum Gasteiger partial charge on any atom is 0.137 e. The second-order valence-corrected chi connectivity index (χ2v) is 5.10. The van der Waals surface area contributed by atoms with Crippen LogP contribution < -0.4 is 16.0 Å². The van der Waals surface area contributed by atoms with E-state index in [2.05, 4.69) is 17.3 Å². The van der Waals surface area contributed by atoms with Gasteiger partial charge in [0.05, 0.1) is 24.4 Å². The van der Waals surface area contributed by atoms with Crippen LogP contribution >= 0.6 is 0 Å². The van der Waals surface area contributed by atoms with E-state index in [0.29, 0.717) is 6.61 Å². The van der Waals surface area contributed by atoms with Gasteiger partial charge in [0, 0.05) is 12.8 Å². The summed E-state index contributed by atoms with van der Waals surface area (Å²) in [5, 5.41) is 0. The van der Waals surface area contributed by atoms with Crippen LogP contribution in [0.15, 0.2) is 18.5 Å². The molecule has 2 heterocycles. The zero-order chi connectivity index (χ0) is 13.7. The first kappa shape index (κ1) is 14.2. The molecule has 2 unspecified atom stereocenters. The predicted octanol–water partition coefficient (Wildman–Crippen LogP) is 1.94. The third kappa shape index (κ3) is 3.23. The van der Waals surface area contributed by atoms with Gasteiger partial charge in [-0.25, -0.2) is 0 Å². The zero-order valence-electron chi connectivity index (χ0n) is 11.7. The number of nitrogens with one attached hydrogen (secondary N) is 1. The number of nitrogens with two attached hydrogens (primary N) is 1. The Kier molecular flexibility index (Phi) is 4.74. The van der Waals surface area contributed by atoms with Crippen molar-refractivity contribution in [1.82, 2.24) is 10.4 Å². The highest BCUT2D eigenvalue weighted by molar-refractivity contribution is 5.28. The van der Waals surface area contributed by atoms with Crippen LogP contribution in [0.3, 0.4) is 0 Å². The summed E-state index contributed by atoms with van der Waals surface area (Å²) < 4.78 is 11.5. The summed E-state index contributed by atoms with van der Waals surface area (Å²) in [5.41, 5.74) is 3.58. The van der Waals surface area contributed by atoms with Gasteiger partial charge in [-0.05, 0) is 44.7 Å². The molecule has 5 heteroatoms. The lowest BCUT2D eigenvalue weighted by Gasteiger charge is -2.40. The molecule has 1 aromatic heterocycles. The summed E-state index contributed by atoms with van der Waals surface area (Å²) in [5.74, 6) is 6.51. The molecule has 106 valence electrons. The third-order valence-electron chi connectivity index (χ3n) is 3.66. The minimum absolute atomic E-state index is 0.0827. The summed E-state index contributed by atoms with van der Waals surface area (Å²) in [6, 6.07) is 1.89. The number of pyridine rings is 1. The lowest BCUT2D eigenvalue weighted by Crippen LogP contribution is -2.48. The average molecular weight is 265 g/mol. The number of aromatic nitrogens is 1. The van der Waals surface area contributed by atoms with Gasteiger partial charge in [-0.1, -0.05) is 0 Å². The minimum Gasteiger partial charge on any atom is -0.492 e. The largest absolute Gasteiger partial charge is 0.492 e. The van der Waals surface area contributed by atoms with E-state index >= 15 is 0 Å². The first-order chi connectivity index (χ1) is 9.19. The van der Waals surface area contributed by atoms with E-state index in [9.17, 15) is 0 Å².